The van der Waals surface area contributed by atoms with Crippen molar-refractivity contribution in [2.24, 2.45) is 0 Å². The average Bonchev–Trinajstić information content (AvgIpc) is 3.13. The van der Waals surface area contributed by atoms with Crippen LogP contribution in [0.5, 0.6) is 0 Å². The van der Waals surface area contributed by atoms with E-state index in [1.165, 1.54) is 11.3 Å². The van der Waals surface area contributed by atoms with Crippen molar-refractivity contribution >= 4 is 57.2 Å². The number of halogens is 1. The summed E-state index contributed by atoms with van der Waals surface area (Å²) in [5.74, 6) is -0.529. The monoisotopic (exact) mass is 451 g/mol. The average molecular weight is 452 g/mol. The van der Waals surface area contributed by atoms with E-state index in [4.69, 9.17) is 21.1 Å². The van der Waals surface area contributed by atoms with Gasteiger partial charge in [-0.3, -0.25) is 14.9 Å². The van der Waals surface area contributed by atoms with Crippen molar-refractivity contribution in [1.82, 2.24) is 0 Å². The summed E-state index contributed by atoms with van der Waals surface area (Å²) >= 11 is 7.04. The number of anilines is 3. The molecular weight excluding hydrogens is 430 g/mol. The van der Waals surface area contributed by atoms with E-state index < -0.39 is 18.1 Å². The van der Waals surface area contributed by atoms with Crippen LogP contribution in [0.4, 0.5) is 21.2 Å². The van der Waals surface area contributed by atoms with Gasteiger partial charge in [0.05, 0.1) is 15.9 Å². The smallest absolute Gasteiger partial charge is 0.413 e. The Labute approximate surface area is 183 Å². The number of nitrogens with zero attached hydrogens (tertiary/aromatic N) is 1. The molecule has 160 valence electrons. The number of thiophene rings is 1. The van der Waals surface area contributed by atoms with Crippen LogP contribution in [-0.4, -0.2) is 43.8 Å². The Hall–Kier alpha value is -2.62. The normalized spacial score (nSPS) is 14.9. The molecule has 0 radical (unpaired) electrons. The van der Waals surface area contributed by atoms with Crippen LogP contribution < -0.4 is 15.5 Å². The first-order chi connectivity index (χ1) is 14.5. The van der Waals surface area contributed by atoms with Crippen molar-refractivity contribution in [1.29, 1.82) is 0 Å². The van der Waals surface area contributed by atoms with Gasteiger partial charge >= 0.3 is 6.09 Å². The summed E-state index contributed by atoms with van der Waals surface area (Å²) in [5.41, 5.74) is 1.27. The molecule has 1 saturated heterocycles. The molecule has 30 heavy (non-hydrogen) atoms. The third-order valence-electron chi connectivity index (χ3n) is 4.32. The Morgan fingerprint density at radius 1 is 1.23 bits per heavy atom. The van der Waals surface area contributed by atoms with Crippen LogP contribution in [0.2, 0.25) is 4.34 Å². The van der Waals surface area contributed by atoms with Gasteiger partial charge in [0.2, 0.25) is 0 Å². The number of benzene rings is 1. The minimum absolute atomic E-state index is 0.0638. The van der Waals surface area contributed by atoms with Crippen molar-refractivity contribution in [3.05, 3.63) is 40.7 Å². The molecule has 3 amide bonds. The van der Waals surface area contributed by atoms with Crippen molar-refractivity contribution < 1.29 is 23.9 Å². The predicted molar refractivity (Wildman–Crippen MR) is 116 cm³/mol. The molecule has 1 aliphatic heterocycles. The lowest BCUT2D eigenvalue weighted by molar-refractivity contribution is -0.126. The van der Waals surface area contributed by atoms with Gasteiger partial charge in [-0.25, -0.2) is 4.79 Å². The Balaban J connectivity index is 1.58. The second-order valence-electron chi connectivity index (χ2n) is 6.55. The Morgan fingerprint density at radius 3 is 2.63 bits per heavy atom. The van der Waals surface area contributed by atoms with Crippen molar-refractivity contribution in [3.63, 3.8) is 0 Å². The van der Waals surface area contributed by atoms with Crippen molar-refractivity contribution in [2.45, 2.75) is 25.9 Å². The topological polar surface area (TPSA) is 97.0 Å². The van der Waals surface area contributed by atoms with Gasteiger partial charge < -0.3 is 19.7 Å². The summed E-state index contributed by atoms with van der Waals surface area (Å²) in [6.45, 7) is 2.94. The number of hydrogen-bond donors (Lipinski definition) is 2. The van der Waals surface area contributed by atoms with E-state index in [0.29, 0.717) is 41.0 Å². The van der Waals surface area contributed by atoms with E-state index >= 15 is 0 Å². The number of carbonyl (C=O) groups is 3. The summed E-state index contributed by atoms with van der Waals surface area (Å²) in [6, 6.07) is 10.2. The Bertz CT molecular complexity index is 902. The highest BCUT2D eigenvalue weighted by atomic mass is 35.5. The number of morpholine rings is 1. The number of rotatable bonds is 7. The van der Waals surface area contributed by atoms with Gasteiger partial charge in [-0.1, -0.05) is 24.9 Å². The van der Waals surface area contributed by atoms with E-state index in [-0.39, 0.29) is 12.5 Å². The minimum Gasteiger partial charge on any atom is -0.436 e. The molecule has 0 bridgehead atoms. The highest BCUT2D eigenvalue weighted by molar-refractivity contribution is 7.20. The maximum atomic E-state index is 12.6. The molecule has 1 atom stereocenters. The van der Waals surface area contributed by atoms with E-state index in [0.717, 1.165) is 5.69 Å². The molecule has 0 saturated carbocycles. The van der Waals surface area contributed by atoms with Gasteiger partial charge in [0, 0.05) is 17.9 Å². The molecule has 10 heteroatoms. The highest BCUT2D eigenvalue weighted by Crippen LogP contribution is 2.26. The first-order valence-electron chi connectivity index (χ1n) is 9.48. The summed E-state index contributed by atoms with van der Waals surface area (Å²) in [4.78, 5) is 38.3. The van der Waals surface area contributed by atoms with E-state index in [1.807, 2.05) is 6.92 Å². The summed E-state index contributed by atoms with van der Waals surface area (Å²) in [5, 5.41) is 5.85. The first-order valence-corrected chi connectivity index (χ1v) is 10.7. The van der Waals surface area contributed by atoms with Crippen LogP contribution in [0.15, 0.2) is 36.4 Å². The molecule has 1 aromatic carbocycles. The zero-order valence-corrected chi connectivity index (χ0v) is 17.9. The molecule has 2 heterocycles. The van der Waals surface area contributed by atoms with E-state index in [9.17, 15) is 14.4 Å². The minimum atomic E-state index is -0.939. The highest BCUT2D eigenvalue weighted by Gasteiger charge is 2.23. The Kier molecular flexibility index (Phi) is 7.67. The lowest BCUT2D eigenvalue weighted by Gasteiger charge is -2.27. The number of carbonyl (C=O) groups excluding carboxylic acids is 3. The fourth-order valence-corrected chi connectivity index (χ4v) is 3.81. The number of ether oxygens (including phenoxy) is 2. The molecule has 2 aromatic rings. The van der Waals surface area contributed by atoms with Gasteiger partial charge in [0.15, 0.2) is 6.10 Å². The number of nitrogens with one attached hydrogen (secondary N) is 2. The van der Waals surface area contributed by atoms with E-state index in [2.05, 4.69) is 10.6 Å². The summed E-state index contributed by atoms with van der Waals surface area (Å²) in [7, 11) is 0. The van der Waals surface area contributed by atoms with Crippen molar-refractivity contribution in [3.8, 4) is 0 Å². The third-order valence-corrected chi connectivity index (χ3v) is 5.47. The van der Waals surface area contributed by atoms with Crippen LogP contribution in [-0.2, 0) is 19.1 Å². The fraction of sp³-hybridized carbons (Fsp3) is 0.350. The second kappa shape index (κ2) is 10.4. The van der Waals surface area contributed by atoms with Crippen LogP contribution in [0.25, 0.3) is 0 Å². The summed E-state index contributed by atoms with van der Waals surface area (Å²) < 4.78 is 11.0. The van der Waals surface area contributed by atoms with Crippen LogP contribution >= 0.6 is 22.9 Å². The molecule has 1 unspecified atom stereocenters. The van der Waals surface area contributed by atoms with Crippen LogP contribution in [0.3, 0.4) is 0 Å². The maximum absolute atomic E-state index is 12.6. The van der Waals surface area contributed by atoms with E-state index in [1.54, 1.807) is 41.3 Å². The first kappa shape index (κ1) is 22.1. The molecule has 2 N–H and O–H groups in total. The lowest BCUT2D eigenvalue weighted by Crippen LogP contribution is -2.41. The Morgan fingerprint density at radius 2 is 2.00 bits per heavy atom. The lowest BCUT2D eigenvalue weighted by atomic mass is 10.2. The molecule has 1 aromatic heterocycles. The maximum Gasteiger partial charge on any atom is 0.413 e. The van der Waals surface area contributed by atoms with Gasteiger partial charge in [-0.05, 0) is 42.8 Å². The fourth-order valence-electron chi connectivity index (χ4n) is 2.88. The molecule has 1 aliphatic rings. The largest absolute Gasteiger partial charge is 0.436 e. The van der Waals surface area contributed by atoms with Crippen LogP contribution in [0.1, 0.15) is 19.8 Å². The molecular formula is C20H22ClN3O5S. The SMILES string of the molecule is CCCC(OC(=O)Nc1ccc(Cl)s1)C(=O)Nc1ccc(N2CCOCC2=O)cc1. The molecule has 8 nitrogen and oxygen atoms in total. The molecule has 1 fully saturated rings. The molecule has 0 aliphatic carbocycles. The third kappa shape index (κ3) is 5.94. The number of hydrogen-bond acceptors (Lipinski definition) is 6. The zero-order valence-electron chi connectivity index (χ0n) is 16.4. The van der Waals surface area contributed by atoms with Gasteiger partial charge in [-0.2, -0.15) is 0 Å². The summed E-state index contributed by atoms with van der Waals surface area (Å²) in [6.07, 6.45) is -0.617. The van der Waals surface area contributed by atoms with Gasteiger partial charge in [0.25, 0.3) is 11.8 Å². The standard InChI is InChI=1S/C20H22ClN3O5S/c1-2-3-15(29-20(27)23-17-9-8-16(21)30-17)19(26)22-13-4-6-14(7-5-13)24-10-11-28-12-18(24)25/h4-9,15H,2-3,10-12H2,1H3,(H,22,26)(H,23,27). The zero-order chi connectivity index (χ0) is 21.5. The molecule has 0 spiro atoms. The quantitative estimate of drug-likeness (QED) is 0.660. The predicted octanol–water partition coefficient (Wildman–Crippen LogP) is 4.12. The second-order valence-corrected chi connectivity index (χ2v) is 8.26. The van der Waals surface area contributed by atoms with Gasteiger partial charge in [-0.15, -0.1) is 11.3 Å². The number of amides is 3. The van der Waals surface area contributed by atoms with Gasteiger partial charge in [0.1, 0.15) is 6.61 Å². The molecule has 3 rings (SSSR count). The van der Waals surface area contributed by atoms with Crippen LogP contribution in [0, 0.1) is 0 Å². The van der Waals surface area contributed by atoms with Crippen molar-refractivity contribution in [2.75, 3.05) is 35.3 Å².